The predicted octanol–water partition coefficient (Wildman–Crippen LogP) is 17.4. The summed E-state index contributed by atoms with van der Waals surface area (Å²) in [5, 5.41) is 4.75. The molecule has 0 amide bonds. The second-order valence-corrected chi connectivity index (χ2v) is 19.1. The molecule has 11 aromatic rings. The number of hydrogen-bond acceptors (Lipinski definition) is 3. The van der Waals surface area contributed by atoms with Crippen molar-refractivity contribution in [3.05, 3.63) is 253 Å². The van der Waals surface area contributed by atoms with Crippen molar-refractivity contribution in [1.82, 2.24) is 0 Å². The van der Waals surface area contributed by atoms with Gasteiger partial charge in [0.2, 0.25) is 0 Å². The quantitative estimate of drug-likeness (QED) is 0.152. The molecule has 0 N–H and O–H groups in total. The van der Waals surface area contributed by atoms with Crippen LogP contribution in [0, 0.1) is 11.8 Å². The van der Waals surface area contributed by atoms with E-state index in [1.165, 1.54) is 90.9 Å². The molecule has 3 nitrogen and oxygen atoms in total. The summed E-state index contributed by atoms with van der Waals surface area (Å²) in [4.78, 5) is 5.07. The summed E-state index contributed by atoms with van der Waals surface area (Å²) < 4.78 is 6.65. The zero-order valence-electron chi connectivity index (χ0n) is 37.7. The Bertz CT molecular complexity index is 3660. The Morgan fingerprint density at radius 2 is 0.838 bits per heavy atom. The van der Waals surface area contributed by atoms with E-state index in [2.05, 4.69) is 240 Å². The number of furan rings is 1. The molecule has 68 heavy (non-hydrogen) atoms. The molecule has 1 heterocycles. The molecule has 0 bridgehead atoms. The van der Waals surface area contributed by atoms with Crippen LogP contribution in [0.5, 0.6) is 0 Å². The number of anilines is 6. The number of hydrogen-bond donors (Lipinski definition) is 0. The van der Waals surface area contributed by atoms with Crippen LogP contribution in [0.25, 0.3) is 55.0 Å². The topological polar surface area (TPSA) is 19.6 Å². The molecule has 10 aromatic carbocycles. The summed E-state index contributed by atoms with van der Waals surface area (Å²) in [6, 6.07) is 85.1. The lowest BCUT2D eigenvalue weighted by atomic mass is 9.68. The van der Waals surface area contributed by atoms with E-state index in [1.54, 1.807) is 0 Å². The molecule has 1 aromatic heterocycles. The Hall–Kier alpha value is -8.14. The minimum Gasteiger partial charge on any atom is -0.456 e. The first-order valence-corrected chi connectivity index (χ1v) is 24.3. The summed E-state index contributed by atoms with van der Waals surface area (Å²) in [7, 11) is 0. The van der Waals surface area contributed by atoms with Crippen LogP contribution in [0.15, 0.2) is 235 Å². The Balaban J connectivity index is 0.988. The molecule has 324 valence electrons. The van der Waals surface area contributed by atoms with E-state index in [1.807, 2.05) is 0 Å². The van der Waals surface area contributed by atoms with Crippen molar-refractivity contribution in [2.45, 2.75) is 31.1 Å². The Morgan fingerprint density at radius 3 is 1.44 bits per heavy atom. The van der Waals surface area contributed by atoms with Crippen molar-refractivity contribution < 1.29 is 4.42 Å². The van der Waals surface area contributed by atoms with E-state index in [4.69, 9.17) is 4.42 Å². The fraction of sp³-hybridized carbons (Fsp3) is 0.108. The Kier molecular flexibility index (Phi) is 8.89. The summed E-state index contributed by atoms with van der Waals surface area (Å²) in [6.07, 6.45) is 4.60. The van der Waals surface area contributed by atoms with Crippen molar-refractivity contribution >= 4 is 66.8 Å². The highest BCUT2D eigenvalue weighted by molar-refractivity contribution is 6.06. The van der Waals surface area contributed by atoms with Crippen molar-refractivity contribution in [3.8, 4) is 22.3 Å². The fourth-order valence-electron chi connectivity index (χ4n) is 13.0. The second-order valence-electron chi connectivity index (χ2n) is 19.1. The molecule has 3 aliphatic rings. The van der Waals surface area contributed by atoms with Crippen molar-refractivity contribution in [2.24, 2.45) is 11.8 Å². The van der Waals surface area contributed by atoms with Gasteiger partial charge in [0.05, 0.1) is 11.4 Å². The maximum absolute atomic E-state index is 6.65. The van der Waals surface area contributed by atoms with Gasteiger partial charge in [-0.2, -0.15) is 0 Å². The van der Waals surface area contributed by atoms with Gasteiger partial charge >= 0.3 is 0 Å². The Labute approximate surface area is 397 Å². The average molecular weight is 873 g/mol. The monoisotopic (exact) mass is 872 g/mol. The lowest BCUT2D eigenvalue weighted by Gasteiger charge is -2.40. The third kappa shape index (κ3) is 5.91. The van der Waals surface area contributed by atoms with Gasteiger partial charge in [0.25, 0.3) is 0 Å². The van der Waals surface area contributed by atoms with Crippen molar-refractivity contribution in [3.63, 3.8) is 0 Å². The zero-order valence-corrected chi connectivity index (χ0v) is 37.7. The highest BCUT2D eigenvalue weighted by Gasteiger charge is 2.62. The fourth-order valence-corrected chi connectivity index (χ4v) is 13.0. The van der Waals surface area contributed by atoms with Crippen LogP contribution in [-0.4, -0.2) is 0 Å². The lowest BCUT2D eigenvalue weighted by Crippen LogP contribution is -2.34. The van der Waals surface area contributed by atoms with Gasteiger partial charge in [-0.25, -0.2) is 0 Å². The van der Waals surface area contributed by atoms with Gasteiger partial charge < -0.3 is 14.2 Å². The van der Waals surface area contributed by atoms with E-state index >= 15 is 0 Å². The maximum Gasteiger partial charge on any atom is 0.137 e. The Morgan fingerprint density at radius 1 is 0.368 bits per heavy atom. The van der Waals surface area contributed by atoms with E-state index in [0.717, 1.165) is 46.2 Å². The number of para-hydroxylation sites is 3. The minimum absolute atomic E-state index is 0.170. The highest BCUT2D eigenvalue weighted by atomic mass is 16.3. The zero-order chi connectivity index (χ0) is 44.8. The third-order valence-corrected chi connectivity index (χ3v) is 15.7. The van der Waals surface area contributed by atoms with Crippen LogP contribution < -0.4 is 9.80 Å². The first kappa shape index (κ1) is 39.1. The van der Waals surface area contributed by atoms with E-state index in [-0.39, 0.29) is 5.41 Å². The second kappa shape index (κ2) is 15.5. The average Bonchev–Trinajstić information content (AvgIpc) is 4.14. The van der Waals surface area contributed by atoms with E-state index in [0.29, 0.717) is 11.8 Å². The molecular formula is C65H48N2O. The van der Waals surface area contributed by atoms with E-state index in [9.17, 15) is 0 Å². The summed E-state index contributed by atoms with van der Waals surface area (Å²) >= 11 is 0. The van der Waals surface area contributed by atoms with Gasteiger partial charge in [0.15, 0.2) is 0 Å². The molecule has 3 aliphatic carbocycles. The van der Waals surface area contributed by atoms with Gasteiger partial charge in [-0.05, 0) is 172 Å². The first-order chi connectivity index (χ1) is 33.7. The van der Waals surface area contributed by atoms with Crippen LogP contribution in [0.1, 0.15) is 35.1 Å². The molecule has 0 aliphatic heterocycles. The van der Waals surface area contributed by atoms with Crippen LogP contribution in [0.3, 0.4) is 0 Å². The van der Waals surface area contributed by atoms with Crippen LogP contribution in [0.4, 0.5) is 34.1 Å². The molecular weight excluding hydrogens is 825 g/mol. The molecule has 1 saturated carbocycles. The van der Waals surface area contributed by atoms with E-state index < -0.39 is 0 Å². The van der Waals surface area contributed by atoms with Gasteiger partial charge in [-0.15, -0.1) is 0 Å². The van der Waals surface area contributed by atoms with Gasteiger partial charge in [-0.1, -0.05) is 146 Å². The molecule has 3 atom stereocenters. The molecule has 14 rings (SSSR count). The third-order valence-electron chi connectivity index (χ3n) is 15.7. The summed E-state index contributed by atoms with van der Waals surface area (Å²) in [5.74, 6) is 0.983. The molecule has 0 saturated heterocycles. The smallest absolute Gasteiger partial charge is 0.137 e. The highest BCUT2D eigenvalue weighted by Crippen LogP contribution is 2.69. The predicted molar refractivity (Wildman–Crippen MR) is 282 cm³/mol. The summed E-state index contributed by atoms with van der Waals surface area (Å²) in [5.41, 5.74) is 19.6. The number of rotatable bonds is 8. The lowest BCUT2D eigenvalue weighted by molar-refractivity contribution is 0.350. The van der Waals surface area contributed by atoms with Crippen molar-refractivity contribution in [1.29, 1.82) is 0 Å². The molecule has 1 spiro atoms. The molecule has 0 radical (unpaired) electrons. The summed E-state index contributed by atoms with van der Waals surface area (Å²) in [6.45, 7) is 0. The first-order valence-electron chi connectivity index (χ1n) is 24.3. The SMILES string of the molecule is c1ccc(-c2cc3ccccc3cc2-c2ccc(N(c3ccc4c(c3)oc3ccccc34)c3cccc4c3C35c6c(cccc6N(c6ccccc6)c6ccccc6)CC3CCC5C4)cc2)cc1. The van der Waals surface area contributed by atoms with Crippen LogP contribution in [0.2, 0.25) is 0 Å². The van der Waals surface area contributed by atoms with Crippen LogP contribution in [-0.2, 0) is 18.3 Å². The largest absolute Gasteiger partial charge is 0.456 e. The molecule has 1 fully saturated rings. The number of benzene rings is 10. The molecule has 3 heteroatoms. The van der Waals surface area contributed by atoms with Crippen LogP contribution >= 0.6 is 0 Å². The normalized spacial score (nSPS) is 17.8. The van der Waals surface area contributed by atoms with Gasteiger partial charge in [0, 0.05) is 45.0 Å². The molecule has 3 unspecified atom stereocenters. The van der Waals surface area contributed by atoms with Gasteiger partial charge in [0.1, 0.15) is 11.2 Å². The standard InChI is InChI=1S/C65H48N2O/c1-4-16-43(17-5-1)57-40-45-18-10-11-19-46(45)41-58(57)44-30-34-53(35-31-44)67(54-36-37-56-55-26-12-13-29-61(55)68-62(56)42-54)60-28-15-21-48-39-50-33-32-49-38-47-20-14-27-59(63(47)65(49,50)64(48)60)66(51-22-6-2-7-23-51)52-24-8-3-9-25-52/h1-31,34-37,40-42,49-50H,32-33,38-39H2. The minimum atomic E-state index is -0.170. The number of fused-ring (bicyclic) bond motifs is 6. The van der Waals surface area contributed by atoms with Crippen molar-refractivity contribution in [2.75, 3.05) is 9.80 Å². The number of nitrogens with zero attached hydrogens (tertiary/aromatic N) is 2. The maximum atomic E-state index is 6.65. The van der Waals surface area contributed by atoms with Gasteiger partial charge in [-0.3, -0.25) is 0 Å².